The zero-order valence-electron chi connectivity index (χ0n) is 10.7. The van der Waals surface area contributed by atoms with E-state index in [-0.39, 0.29) is 5.41 Å². The molecule has 0 aromatic rings. The summed E-state index contributed by atoms with van der Waals surface area (Å²) in [7, 11) is 0. The van der Waals surface area contributed by atoms with Crippen molar-refractivity contribution in [2.24, 2.45) is 22.7 Å². The van der Waals surface area contributed by atoms with Gasteiger partial charge in [-0.1, -0.05) is 34.6 Å². The molecule has 0 spiro atoms. The van der Waals surface area contributed by atoms with Crippen LogP contribution in [0.5, 0.6) is 0 Å². The average Bonchev–Trinajstić information content (AvgIpc) is 1.99. The van der Waals surface area contributed by atoms with Gasteiger partial charge in [0.2, 0.25) is 0 Å². The molecule has 0 heterocycles. The maximum Gasteiger partial charge on any atom is 0.156 e. The van der Waals surface area contributed by atoms with Gasteiger partial charge in [0.25, 0.3) is 0 Å². The normalized spacial score (nSPS) is 32.0. The van der Waals surface area contributed by atoms with E-state index < -0.39 is 6.29 Å². The SMILES string of the molecule is CC1CC(C(C)(C)C(O)O)CC(C)(C)C1. The molecule has 2 heteroatoms. The second kappa shape index (κ2) is 4.06. The van der Waals surface area contributed by atoms with Crippen LogP contribution >= 0.6 is 0 Å². The van der Waals surface area contributed by atoms with Gasteiger partial charge in [-0.15, -0.1) is 0 Å². The highest BCUT2D eigenvalue weighted by Crippen LogP contribution is 2.48. The van der Waals surface area contributed by atoms with Crippen LogP contribution in [0.2, 0.25) is 0 Å². The standard InChI is InChI=1S/C13H26O2/c1-9-6-10(8-12(2,3)7-9)13(4,5)11(14)15/h9-11,14-15H,6-8H2,1-5H3. The smallest absolute Gasteiger partial charge is 0.156 e. The predicted molar refractivity (Wildman–Crippen MR) is 62.3 cm³/mol. The molecule has 0 aliphatic heterocycles. The zero-order valence-corrected chi connectivity index (χ0v) is 10.7. The lowest BCUT2D eigenvalue weighted by Gasteiger charge is -2.46. The van der Waals surface area contributed by atoms with E-state index in [0.717, 1.165) is 12.8 Å². The van der Waals surface area contributed by atoms with E-state index in [4.69, 9.17) is 0 Å². The van der Waals surface area contributed by atoms with E-state index in [2.05, 4.69) is 20.8 Å². The largest absolute Gasteiger partial charge is 0.368 e. The molecular formula is C13H26O2. The fourth-order valence-electron chi connectivity index (χ4n) is 3.12. The van der Waals surface area contributed by atoms with Crippen molar-refractivity contribution in [3.8, 4) is 0 Å². The molecule has 0 saturated heterocycles. The molecule has 2 atom stereocenters. The van der Waals surface area contributed by atoms with Crippen molar-refractivity contribution in [1.29, 1.82) is 0 Å². The van der Waals surface area contributed by atoms with Crippen LogP contribution in [0.1, 0.15) is 53.9 Å². The molecule has 2 unspecified atom stereocenters. The minimum Gasteiger partial charge on any atom is -0.368 e. The molecule has 0 amide bonds. The first kappa shape index (κ1) is 13.0. The van der Waals surface area contributed by atoms with Crippen LogP contribution in [0.25, 0.3) is 0 Å². The molecule has 0 aromatic heterocycles. The Morgan fingerprint density at radius 2 is 1.73 bits per heavy atom. The lowest BCUT2D eigenvalue weighted by molar-refractivity contribution is -0.156. The number of rotatable bonds is 2. The summed E-state index contributed by atoms with van der Waals surface area (Å²) in [5, 5.41) is 18.9. The van der Waals surface area contributed by atoms with Crippen LogP contribution in [-0.2, 0) is 0 Å². The Bertz CT molecular complexity index is 219. The number of hydrogen-bond acceptors (Lipinski definition) is 2. The van der Waals surface area contributed by atoms with E-state index >= 15 is 0 Å². The van der Waals surface area contributed by atoms with Gasteiger partial charge in [-0.3, -0.25) is 0 Å². The van der Waals surface area contributed by atoms with Gasteiger partial charge in [-0.2, -0.15) is 0 Å². The third kappa shape index (κ3) is 2.94. The van der Waals surface area contributed by atoms with Gasteiger partial charge in [-0.25, -0.2) is 0 Å². The lowest BCUT2D eigenvalue weighted by Crippen LogP contribution is -2.42. The van der Waals surface area contributed by atoms with Gasteiger partial charge in [0.1, 0.15) is 0 Å². The monoisotopic (exact) mass is 214 g/mol. The molecule has 15 heavy (non-hydrogen) atoms. The van der Waals surface area contributed by atoms with E-state index in [0.29, 0.717) is 17.3 Å². The van der Waals surface area contributed by atoms with Crippen molar-refractivity contribution in [3.05, 3.63) is 0 Å². The first-order valence-corrected chi connectivity index (χ1v) is 6.01. The minimum absolute atomic E-state index is 0.342. The van der Waals surface area contributed by atoms with E-state index in [9.17, 15) is 10.2 Å². The third-order valence-corrected chi connectivity index (χ3v) is 4.10. The summed E-state index contributed by atoms with van der Waals surface area (Å²) >= 11 is 0. The molecular weight excluding hydrogens is 188 g/mol. The van der Waals surface area contributed by atoms with Crippen molar-refractivity contribution in [2.75, 3.05) is 0 Å². The van der Waals surface area contributed by atoms with Crippen molar-refractivity contribution < 1.29 is 10.2 Å². The van der Waals surface area contributed by atoms with Crippen LogP contribution in [0.3, 0.4) is 0 Å². The molecule has 1 rings (SSSR count). The highest BCUT2D eigenvalue weighted by molar-refractivity contribution is 4.90. The summed E-state index contributed by atoms with van der Waals surface area (Å²) in [6.07, 6.45) is 2.26. The fourth-order valence-corrected chi connectivity index (χ4v) is 3.12. The summed E-state index contributed by atoms with van der Waals surface area (Å²) in [6.45, 7) is 10.8. The zero-order chi connectivity index (χ0) is 11.9. The Hall–Kier alpha value is -0.0800. The number of aliphatic hydroxyl groups is 2. The first-order valence-electron chi connectivity index (χ1n) is 6.01. The molecule has 1 fully saturated rings. The second-order valence-electron chi connectivity index (χ2n) is 6.81. The van der Waals surface area contributed by atoms with Crippen molar-refractivity contribution >= 4 is 0 Å². The van der Waals surface area contributed by atoms with Crippen molar-refractivity contribution in [2.45, 2.75) is 60.2 Å². The summed E-state index contributed by atoms with van der Waals surface area (Å²) < 4.78 is 0. The maximum atomic E-state index is 9.44. The van der Waals surface area contributed by atoms with Crippen LogP contribution in [0.4, 0.5) is 0 Å². The second-order valence-corrected chi connectivity index (χ2v) is 6.81. The Kier molecular flexibility index (Phi) is 3.52. The van der Waals surface area contributed by atoms with E-state index in [1.165, 1.54) is 6.42 Å². The molecule has 2 N–H and O–H groups in total. The molecule has 0 radical (unpaired) electrons. The predicted octanol–water partition coefficient (Wildman–Crippen LogP) is 2.79. The highest BCUT2D eigenvalue weighted by atomic mass is 16.5. The van der Waals surface area contributed by atoms with Gasteiger partial charge in [0, 0.05) is 5.41 Å². The van der Waals surface area contributed by atoms with Gasteiger partial charge in [0.15, 0.2) is 6.29 Å². The summed E-state index contributed by atoms with van der Waals surface area (Å²) in [5.41, 5.74) is -0.0412. The maximum absolute atomic E-state index is 9.44. The average molecular weight is 214 g/mol. The topological polar surface area (TPSA) is 40.5 Å². The lowest BCUT2D eigenvalue weighted by atomic mass is 9.60. The summed E-state index contributed by atoms with van der Waals surface area (Å²) in [5.74, 6) is 1.10. The fraction of sp³-hybridized carbons (Fsp3) is 1.00. The Balaban J connectivity index is 2.78. The van der Waals surface area contributed by atoms with Crippen LogP contribution in [-0.4, -0.2) is 16.5 Å². The molecule has 0 aromatic carbocycles. The third-order valence-electron chi connectivity index (χ3n) is 4.10. The number of aliphatic hydroxyl groups excluding tert-OH is 1. The molecule has 1 aliphatic carbocycles. The quantitative estimate of drug-likeness (QED) is 0.694. The van der Waals surface area contributed by atoms with Gasteiger partial charge in [0.05, 0.1) is 0 Å². The van der Waals surface area contributed by atoms with Gasteiger partial charge >= 0.3 is 0 Å². The van der Waals surface area contributed by atoms with Crippen molar-refractivity contribution in [3.63, 3.8) is 0 Å². The molecule has 1 aliphatic rings. The van der Waals surface area contributed by atoms with Gasteiger partial charge < -0.3 is 10.2 Å². The van der Waals surface area contributed by atoms with Crippen LogP contribution in [0, 0.1) is 22.7 Å². The van der Waals surface area contributed by atoms with Crippen molar-refractivity contribution in [1.82, 2.24) is 0 Å². The molecule has 2 nitrogen and oxygen atoms in total. The van der Waals surface area contributed by atoms with E-state index in [1.807, 2.05) is 13.8 Å². The minimum atomic E-state index is -1.21. The molecule has 0 bridgehead atoms. The Labute approximate surface area is 93.7 Å². The number of hydrogen-bond donors (Lipinski definition) is 2. The summed E-state index contributed by atoms with van der Waals surface area (Å²) in [4.78, 5) is 0. The summed E-state index contributed by atoms with van der Waals surface area (Å²) in [6, 6.07) is 0. The highest BCUT2D eigenvalue weighted by Gasteiger charge is 2.42. The first-order chi connectivity index (χ1) is 6.65. The molecule has 1 saturated carbocycles. The molecule has 90 valence electrons. The Morgan fingerprint density at radius 1 is 1.20 bits per heavy atom. The van der Waals surface area contributed by atoms with E-state index in [1.54, 1.807) is 0 Å². The Morgan fingerprint density at radius 3 is 2.13 bits per heavy atom. The van der Waals surface area contributed by atoms with Crippen LogP contribution in [0.15, 0.2) is 0 Å². The van der Waals surface area contributed by atoms with Crippen LogP contribution < -0.4 is 0 Å². The van der Waals surface area contributed by atoms with Gasteiger partial charge in [-0.05, 0) is 36.5 Å².